The third-order valence-corrected chi connectivity index (χ3v) is 5.31. The number of hydrogen-bond donors (Lipinski definition) is 0. The van der Waals surface area contributed by atoms with Crippen LogP contribution in [0.1, 0.15) is 18.1 Å². The van der Waals surface area contributed by atoms with Gasteiger partial charge in [0.25, 0.3) is 0 Å². The molecule has 154 valence electrons. The van der Waals surface area contributed by atoms with E-state index in [9.17, 15) is 4.79 Å². The van der Waals surface area contributed by atoms with Crippen molar-refractivity contribution in [1.29, 1.82) is 0 Å². The van der Waals surface area contributed by atoms with E-state index in [1.165, 1.54) is 6.33 Å². The molecule has 1 amide bonds. The second-order valence-electron chi connectivity index (χ2n) is 7.68. The number of ether oxygens (including phenoxy) is 1. The average molecular weight is 402 g/mol. The van der Waals surface area contributed by atoms with Crippen molar-refractivity contribution in [2.45, 2.75) is 26.3 Å². The van der Waals surface area contributed by atoms with Crippen molar-refractivity contribution in [3.63, 3.8) is 0 Å². The fraction of sp³-hybridized carbons (Fsp3) is 0.292. The smallest absolute Gasteiger partial charge is 0.227 e. The number of rotatable bonds is 5. The number of anilines is 1. The van der Waals surface area contributed by atoms with E-state index in [1.807, 2.05) is 72.5 Å². The van der Waals surface area contributed by atoms with Gasteiger partial charge in [0.1, 0.15) is 17.9 Å². The predicted octanol–water partition coefficient (Wildman–Crippen LogP) is 3.86. The van der Waals surface area contributed by atoms with Crippen LogP contribution in [0.25, 0.3) is 0 Å². The fourth-order valence-corrected chi connectivity index (χ4v) is 3.77. The summed E-state index contributed by atoms with van der Waals surface area (Å²) in [5.41, 5.74) is 2.18. The van der Waals surface area contributed by atoms with Gasteiger partial charge in [-0.05, 0) is 37.1 Å². The zero-order valence-electron chi connectivity index (χ0n) is 17.4. The first-order chi connectivity index (χ1) is 14.6. The number of benzene rings is 2. The molecule has 1 aromatic heterocycles. The predicted molar refractivity (Wildman–Crippen MR) is 117 cm³/mol. The zero-order valence-corrected chi connectivity index (χ0v) is 17.4. The molecule has 6 heteroatoms. The minimum Gasteiger partial charge on any atom is -0.439 e. The van der Waals surface area contributed by atoms with Crippen LogP contribution < -0.4 is 9.64 Å². The summed E-state index contributed by atoms with van der Waals surface area (Å²) in [6, 6.07) is 19.7. The second kappa shape index (κ2) is 8.95. The van der Waals surface area contributed by atoms with E-state index in [0.717, 1.165) is 35.8 Å². The van der Waals surface area contributed by atoms with Crippen LogP contribution in [0, 0.1) is 6.92 Å². The highest BCUT2D eigenvalue weighted by molar-refractivity contribution is 5.79. The molecule has 1 atom stereocenters. The minimum absolute atomic E-state index is 0.103. The van der Waals surface area contributed by atoms with Gasteiger partial charge in [-0.2, -0.15) is 0 Å². The lowest BCUT2D eigenvalue weighted by Gasteiger charge is -2.40. The lowest BCUT2D eigenvalue weighted by Crippen LogP contribution is -2.54. The number of aromatic nitrogens is 2. The normalized spacial score (nSPS) is 16.4. The van der Waals surface area contributed by atoms with Crippen LogP contribution in [0.5, 0.6) is 11.6 Å². The van der Waals surface area contributed by atoms with Gasteiger partial charge in [0.2, 0.25) is 11.8 Å². The van der Waals surface area contributed by atoms with Gasteiger partial charge in [-0.15, -0.1) is 0 Å². The van der Waals surface area contributed by atoms with Crippen LogP contribution in [0.2, 0.25) is 0 Å². The molecule has 1 aliphatic rings. The quantitative estimate of drug-likeness (QED) is 0.649. The van der Waals surface area contributed by atoms with Crippen LogP contribution in [-0.2, 0) is 11.2 Å². The molecule has 0 spiro atoms. The number of carbonyl (C=O) groups excluding carboxylic acids is 1. The van der Waals surface area contributed by atoms with Crippen molar-refractivity contribution in [2.75, 3.05) is 24.5 Å². The van der Waals surface area contributed by atoms with E-state index in [4.69, 9.17) is 4.74 Å². The fourth-order valence-electron chi connectivity index (χ4n) is 3.77. The van der Waals surface area contributed by atoms with Gasteiger partial charge in [0.05, 0.1) is 6.42 Å². The number of amides is 1. The number of nitrogens with zero attached hydrogens (tertiary/aromatic N) is 4. The molecule has 4 rings (SSSR count). The molecular weight excluding hydrogens is 376 g/mol. The average Bonchev–Trinajstić information content (AvgIpc) is 2.74. The third-order valence-electron chi connectivity index (χ3n) is 5.31. The Bertz CT molecular complexity index is 1010. The van der Waals surface area contributed by atoms with Crippen LogP contribution in [-0.4, -0.2) is 46.5 Å². The first-order valence-electron chi connectivity index (χ1n) is 10.2. The highest BCUT2D eigenvalue weighted by Gasteiger charge is 2.28. The van der Waals surface area contributed by atoms with Crippen LogP contribution >= 0.6 is 0 Å². The van der Waals surface area contributed by atoms with Gasteiger partial charge < -0.3 is 14.5 Å². The topological polar surface area (TPSA) is 58.6 Å². The van der Waals surface area contributed by atoms with Crippen LogP contribution in [0.3, 0.4) is 0 Å². The summed E-state index contributed by atoms with van der Waals surface area (Å²) in [6.45, 7) is 6.23. The highest BCUT2D eigenvalue weighted by Crippen LogP contribution is 2.24. The van der Waals surface area contributed by atoms with Gasteiger partial charge >= 0.3 is 0 Å². The van der Waals surface area contributed by atoms with E-state index < -0.39 is 0 Å². The molecule has 0 radical (unpaired) electrons. The Morgan fingerprint density at radius 2 is 1.90 bits per heavy atom. The van der Waals surface area contributed by atoms with E-state index in [1.54, 1.807) is 0 Å². The van der Waals surface area contributed by atoms with Crippen molar-refractivity contribution >= 4 is 11.7 Å². The standard InChI is InChI=1S/C24H26N4O2/c1-18-7-6-10-21(13-18)30-23-15-22(25-17-26-23)27-11-12-28(19(2)16-27)24(29)14-20-8-4-3-5-9-20/h3-10,13,15,17,19H,11-12,14,16H2,1-2H3/t19-/m0/s1. The first-order valence-corrected chi connectivity index (χ1v) is 10.2. The van der Waals surface area contributed by atoms with Crippen molar-refractivity contribution in [3.05, 3.63) is 78.1 Å². The maximum atomic E-state index is 12.8. The van der Waals surface area contributed by atoms with Gasteiger partial charge in [-0.1, -0.05) is 42.5 Å². The zero-order chi connectivity index (χ0) is 20.9. The summed E-state index contributed by atoms with van der Waals surface area (Å²) in [5, 5.41) is 0. The SMILES string of the molecule is Cc1cccc(Oc2cc(N3CCN(C(=O)Cc4ccccc4)[C@@H](C)C3)ncn2)c1. The highest BCUT2D eigenvalue weighted by atomic mass is 16.5. The van der Waals surface area contributed by atoms with Gasteiger partial charge in [0.15, 0.2) is 0 Å². The maximum Gasteiger partial charge on any atom is 0.227 e. The summed E-state index contributed by atoms with van der Waals surface area (Å²) >= 11 is 0. The summed E-state index contributed by atoms with van der Waals surface area (Å²) in [5.74, 6) is 2.25. The Morgan fingerprint density at radius 1 is 1.07 bits per heavy atom. The summed E-state index contributed by atoms with van der Waals surface area (Å²) in [6.07, 6.45) is 1.96. The molecule has 0 N–H and O–H groups in total. The van der Waals surface area contributed by atoms with Gasteiger partial charge in [-0.3, -0.25) is 4.79 Å². The molecule has 1 fully saturated rings. The minimum atomic E-state index is 0.103. The van der Waals surface area contributed by atoms with Gasteiger partial charge in [0, 0.05) is 31.7 Å². The number of carbonyl (C=O) groups is 1. The number of piperazine rings is 1. The summed E-state index contributed by atoms with van der Waals surface area (Å²) in [7, 11) is 0. The first kappa shape index (κ1) is 19.9. The molecule has 3 aromatic rings. The monoisotopic (exact) mass is 402 g/mol. The van der Waals surface area contributed by atoms with Crippen LogP contribution in [0.4, 0.5) is 5.82 Å². The van der Waals surface area contributed by atoms with E-state index >= 15 is 0 Å². The maximum absolute atomic E-state index is 12.8. The summed E-state index contributed by atoms with van der Waals surface area (Å²) < 4.78 is 5.90. The Hall–Kier alpha value is -3.41. The lowest BCUT2D eigenvalue weighted by atomic mass is 10.1. The second-order valence-corrected chi connectivity index (χ2v) is 7.68. The Balaban J connectivity index is 1.40. The Kier molecular flexibility index (Phi) is 5.93. The van der Waals surface area contributed by atoms with Crippen molar-refractivity contribution < 1.29 is 9.53 Å². The molecule has 2 aromatic carbocycles. The molecular formula is C24H26N4O2. The van der Waals surface area contributed by atoms with Crippen molar-refractivity contribution in [3.8, 4) is 11.6 Å². The van der Waals surface area contributed by atoms with E-state index in [0.29, 0.717) is 18.8 Å². The number of aryl methyl sites for hydroxylation is 1. The molecule has 1 aliphatic heterocycles. The molecule has 2 heterocycles. The summed E-state index contributed by atoms with van der Waals surface area (Å²) in [4.78, 5) is 25.6. The molecule has 0 saturated carbocycles. The number of hydrogen-bond acceptors (Lipinski definition) is 5. The third kappa shape index (κ3) is 4.76. The molecule has 30 heavy (non-hydrogen) atoms. The molecule has 6 nitrogen and oxygen atoms in total. The Morgan fingerprint density at radius 3 is 2.67 bits per heavy atom. The van der Waals surface area contributed by atoms with Crippen LogP contribution in [0.15, 0.2) is 67.0 Å². The van der Waals surface area contributed by atoms with Gasteiger partial charge in [-0.25, -0.2) is 9.97 Å². The molecule has 1 saturated heterocycles. The van der Waals surface area contributed by atoms with E-state index in [-0.39, 0.29) is 11.9 Å². The molecule has 0 aliphatic carbocycles. The Labute approximate surface area is 177 Å². The molecule has 0 unspecified atom stereocenters. The van der Waals surface area contributed by atoms with Crippen molar-refractivity contribution in [1.82, 2.24) is 14.9 Å². The lowest BCUT2D eigenvalue weighted by molar-refractivity contribution is -0.132. The largest absolute Gasteiger partial charge is 0.439 e. The van der Waals surface area contributed by atoms with E-state index in [2.05, 4.69) is 21.8 Å². The van der Waals surface area contributed by atoms with Crippen molar-refractivity contribution in [2.24, 2.45) is 0 Å². The molecule has 0 bridgehead atoms.